The maximum atomic E-state index is 5.26. The molecule has 0 aliphatic carbocycles. The van der Waals surface area contributed by atoms with Gasteiger partial charge in [-0.15, -0.1) is 0 Å². The Kier molecular flexibility index (Phi) is 6.78. The summed E-state index contributed by atoms with van der Waals surface area (Å²) in [5.74, 6) is 1.63. The van der Waals surface area contributed by atoms with Gasteiger partial charge in [0.1, 0.15) is 12.2 Å². The fourth-order valence-corrected chi connectivity index (χ4v) is 1.39. The Labute approximate surface area is 108 Å². The zero-order valence-electron chi connectivity index (χ0n) is 11.3. The van der Waals surface area contributed by atoms with Crippen LogP contribution in [0.3, 0.4) is 0 Å². The van der Waals surface area contributed by atoms with Crippen molar-refractivity contribution >= 4 is 5.96 Å². The molecule has 2 N–H and O–H groups in total. The monoisotopic (exact) mass is 254 g/mol. The Hall–Kier alpha value is -1.63. The third-order valence-corrected chi connectivity index (χ3v) is 2.40. The van der Waals surface area contributed by atoms with Gasteiger partial charge in [-0.2, -0.15) is 5.10 Å². The summed E-state index contributed by atoms with van der Waals surface area (Å²) in [6.45, 7) is 4.96. The first-order chi connectivity index (χ1) is 8.77. The minimum Gasteiger partial charge on any atom is -0.382 e. The standard InChI is InChI=1S/C11H22N6O/c1-4-18-7-5-6-13-11(12-2)14-8-10-15-9-16-17(10)3/h9H,4-8H2,1-3H3,(H2,12,13,14). The molecule has 1 heterocycles. The van der Waals surface area contributed by atoms with Crippen molar-refractivity contribution in [3.05, 3.63) is 12.2 Å². The van der Waals surface area contributed by atoms with Crippen LogP contribution in [0.5, 0.6) is 0 Å². The van der Waals surface area contributed by atoms with Crippen LogP contribution >= 0.6 is 0 Å². The normalized spacial score (nSPS) is 11.6. The summed E-state index contributed by atoms with van der Waals surface area (Å²) in [6, 6.07) is 0. The number of nitrogens with zero attached hydrogens (tertiary/aromatic N) is 4. The molecule has 18 heavy (non-hydrogen) atoms. The van der Waals surface area contributed by atoms with Crippen LogP contribution in [0, 0.1) is 0 Å². The zero-order chi connectivity index (χ0) is 13.2. The van der Waals surface area contributed by atoms with Crippen molar-refractivity contribution in [2.75, 3.05) is 26.8 Å². The fraction of sp³-hybridized carbons (Fsp3) is 0.727. The number of hydrogen-bond acceptors (Lipinski definition) is 4. The molecule has 0 saturated heterocycles. The minimum absolute atomic E-state index is 0.599. The number of hydrogen-bond donors (Lipinski definition) is 2. The molecule has 102 valence electrons. The average molecular weight is 254 g/mol. The molecular weight excluding hydrogens is 232 g/mol. The summed E-state index contributed by atoms with van der Waals surface area (Å²) >= 11 is 0. The van der Waals surface area contributed by atoms with E-state index >= 15 is 0 Å². The van der Waals surface area contributed by atoms with Crippen molar-refractivity contribution in [2.45, 2.75) is 19.9 Å². The third kappa shape index (κ3) is 5.13. The lowest BCUT2D eigenvalue weighted by atomic mass is 10.4. The van der Waals surface area contributed by atoms with E-state index in [1.165, 1.54) is 6.33 Å². The molecule has 0 aliphatic heterocycles. The van der Waals surface area contributed by atoms with E-state index in [2.05, 4.69) is 25.7 Å². The molecule has 0 unspecified atom stereocenters. The van der Waals surface area contributed by atoms with Crippen LogP contribution < -0.4 is 10.6 Å². The van der Waals surface area contributed by atoms with E-state index in [1.54, 1.807) is 11.7 Å². The highest BCUT2D eigenvalue weighted by molar-refractivity contribution is 5.79. The quantitative estimate of drug-likeness (QED) is 0.404. The molecule has 0 spiro atoms. The largest absolute Gasteiger partial charge is 0.382 e. The molecule has 0 amide bonds. The Bertz CT molecular complexity index is 362. The van der Waals surface area contributed by atoms with Gasteiger partial charge in [0.05, 0.1) is 6.54 Å². The van der Waals surface area contributed by atoms with E-state index in [0.29, 0.717) is 6.54 Å². The van der Waals surface area contributed by atoms with Gasteiger partial charge < -0.3 is 15.4 Å². The molecule has 7 heteroatoms. The van der Waals surface area contributed by atoms with Crippen molar-refractivity contribution in [3.63, 3.8) is 0 Å². The van der Waals surface area contributed by atoms with Gasteiger partial charge in [-0.1, -0.05) is 0 Å². The Morgan fingerprint density at radius 3 is 2.94 bits per heavy atom. The molecule has 0 aromatic carbocycles. The first-order valence-corrected chi connectivity index (χ1v) is 6.13. The molecule has 1 aromatic rings. The predicted octanol–water partition coefficient (Wildman–Crippen LogP) is -0.0933. The summed E-state index contributed by atoms with van der Waals surface area (Å²) in [7, 11) is 3.61. The molecule has 0 aliphatic rings. The van der Waals surface area contributed by atoms with Gasteiger partial charge in [-0.3, -0.25) is 9.67 Å². The van der Waals surface area contributed by atoms with E-state index in [0.717, 1.165) is 38.0 Å². The average Bonchev–Trinajstić information content (AvgIpc) is 2.78. The van der Waals surface area contributed by atoms with Crippen LogP contribution in [0.4, 0.5) is 0 Å². The number of guanidine groups is 1. The Morgan fingerprint density at radius 2 is 2.33 bits per heavy atom. The summed E-state index contributed by atoms with van der Waals surface area (Å²) in [6.07, 6.45) is 2.49. The van der Waals surface area contributed by atoms with Crippen LogP contribution in [0.1, 0.15) is 19.2 Å². The van der Waals surface area contributed by atoms with Crippen molar-refractivity contribution in [1.82, 2.24) is 25.4 Å². The predicted molar refractivity (Wildman–Crippen MR) is 70.3 cm³/mol. The lowest BCUT2D eigenvalue weighted by molar-refractivity contribution is 0.145. The molecule has 7 nitrogen and oxygen atoms in total. The van der Waals surface area contributed by atoms with Gasteiger partial charge in [0.15, 0.2) is 5.96 Å². The summed E-state index contributed by atoms with van der Waals surface area (Å²) in [5.41, 5.74) is 0. The summed E-state index contributed by atoms with van der Waals surface area (Å²) in [5, 5.41) is 10.4. The lowest BCUT2D eigenvalue weighted by Gasteiger charge is -2.11. The highest BCUT2D eigenvalue weighted by Gasteiger charge is 2.01. The first kappa shape index (κ1) is 14.4. The molecular formula is C11H22N6O. The first-order valence-electron chi connectivity index (χ1n) is 6.13. The van der Waals surface area contributed by atoms with Crippen molar-refractivity contribution in [3.8, 4) is 0 Å². The van der Waals surface area contributed by atoms with Gasteiger partial charge in [0.25, 0.3) is 0 Å². The van der Waals surface area contributed by atoms with Crippen LogP contribution in [0.15, 0.2) is 11.3 Å². The number of ether oxygens (including phenoxy) is 1. The number of aliphatic imine (C=N–C) groups is 1. The minimum atomic E-state index is 0.599. The molecule has 1 rings (SSSR count). The molecule has 0 atom stereocenters. The van der Waals surface area contributed by atoms with Crippen molar-refractivity contribution < 1.29 is 4.74 Å². The van der Waals surface area contributed by atoms with E-state index in [4.69, 9.17) is 4.74 Å². The number of aryl methyl sites for hydroxylation is 1. The highest BCUT2D eigenvalue weighted by atomic mass is 16.5. The maximum Gasteiger partial charge on any atom is 0.191 e. The fourth-order valence-electron chi connectivity index (χ4n) is 1.39. The molecule has 0 saturated carbocycles. The summed E-state index contributed by atoms with van der Waals surface area (Å²) in [4.78, 5) is 8.26. The number of aromatic nitrogens is 3. The van der Waals surface area contributed by atoms with Gasteiger partial charge in [-0.05, 0) is 13.3 Å². The van der Waals surface area contributed by atoms with E-state index in [1.807, 2.05) is 14.0 Å². The second-order valence-electron chi connectivity index (χ2n) is 3.70. The van der Waals surface area contributed by atoms with E-state index in [9.17, 15) is 0 Å². The third-order valence-electron chi connectivity index (χ3n) is 2.40. The Balaban J connectivity index is 2.20. The second-order valence-corrected chi connectivity index (χ2v) is 3.70. The summed E-state index contributed by atoms with van der Waals surface area (Å²) < 4.78 is 6.99. The zero-order valence-corrected chi connectivity index (χ0v) is 11.3. The Morgan fingerprint density at radius 1 is 1.50 bits per heavy atom. The number of rotatable bonds is 7. The molecule has 1 aromatic heterocycles. The van der Waals surface area contributed by atoms with Crippen LogP contribution in [-0.4, -0.2) is 47.5 Å². The van der Waals surface area contributed by atoms with Crippen molar-refractivity contribution in [1.29, 1.82) is 0 Å². The number of nitrogens with one attached hydrogen (secondary N) is 2. The second kappa shape index (κ2) is 8.46. The van der Waals surface area contributed by atoms with E-state index in [-0.39, 0.29) is 0 Å². The van der Waals surface area contributed by atoms with Gasteiger partial charge >= 0.3 is 0 Å². The SMILES string of the molecule is CCOCCCNC(=NC)NCc1ncnn1C. The van der Waals surface area contributed by atoms with E-state index < -0.39 is 0 Å². The molecule has 0 bridgehead atoms. The molecule has 0 fully saturated rings. The lowest BCUT2D eigenvalue weighted by Crippen LogP contribution is -2.38. The van der Waals surface area contributed by atoms with Crippen molar-refractivity contribution in [2.24, 2.45) is 12.0 Å². The van der Waals surface area contributed by atoms with Crippen LogP contribution in [-0.2, 0) is 18.3 Å². The highest BCUT2D eigenvalue weighted by Crippen LogP contribution is 1.89. The van der Waals surface area contributed by atoms with Crippen LogP contribution in [0.25, 0.3) is 0 Å². The topological polar surface area (TPSA) is 76.4 Å². The smallest absolute Gasteiger partial charge is 0.191 e. The van der Waals surface area contributed by atoms with Crippen LogP contribution in [0.2, 0.25) is 0 Å². The van der Waals surface area contributed by atoms with Gasteiger partial charge in [-0.25, -0.2) is 4.98 Å². The van der Waals surface area contributed by atoms with Gasteiger partial charge in [0.2, 0.25) is 0 Å². The maximum absolute atomic E-state index is 5.26. The molecule has 0 radical (unpaired) electrons. The van der Waals surface area contributed by atoms with Gasteiger partial charge in [0, 0.05) is 33.9 Å².